The molecular formula is C17H15FN2O. The van der Waals surface area contributed by atoms with Gasteiger partial charge in [-0.3, -0.25) is 9.97 Å². The number of halogens is 1. The summed E-state index contributed by atoms with van der Waals surface area (Å²) in [4.78, 5) is 8.31. The molecule has 106 valence electrons. The highest BCUT2D eigenvalue weighted by Crippen LogP contribution is 2.30. The molecule has 1 N–H and O–H groups in total. The van der Waals surface area contributed by atoms with Gasteiger partial charge in [-0.2, -0.15) is 0 Å². The molecule has 0 unspecified atom stereocenters. The number of aromatic hydroxyl groups is 1. The zero-order valence-electron chi connectivity index (χ0n) is 11.8. The quantitative estimate of drug-likeness (QED) is 0.763. The molecular weight excluding hydrogens is 267 g/mol. The van der Waals surface area contributed by atoms with E-state index in [0.29, 0.717) is 22.3 Å². The van der Waals surface area contributed by atoms with E-state index in [2.05, 4.69) is 9.97 Å². The van der Waals surface area contributed by atoms with Crippen LogP contribution in [0.25, 0.3) is 22.0 Å². The standard InChI is InChI=1S/C17H15FN2O/c1-10(2)16-15(21)8-13(9-20-16)12-6-11-4-3-5-19-17(11)14(18)7-12/h3-10,21H,1-2H3. The van der Waals surface area contributed by atoms with Crippen molar-refractivity contribution in [2.24, 2.45) is 0 Å². The highest BCUT2D eigenvalue weighted by molar-refractivity contribution is 5.85. The number of rotatable bonds is 2. The van der Waals surface area contributed by atoms with Gasteiger partial charge in [0.1, 0.15) is 17.1 Å². The van der Waals surface area contributed by atoms with Gasteiger partial charge in [-0.15, -0.1) is 0 Å². The molecule has 0 radical (unpaired) electrons. The first kappa shape index (κ1) is 13.5. The van der Waals surface area contributed by atoms with Crippen LogP contribution in [0.5, 0.6) is 5.75 Å². The first-order valence-electron chi connectivity index (χ1n) is 6.80. The fourth-order valence-electron chi connectivity index (χ4n) is 2.38. The fourth-order valence-corrected chi connectivity index (χ4v) is 2.38. The van der Waals surface area contributed by atoms with Crippen LogP contribution in [0.1, 0.15) is 25.5 Å². The minimum atomic E-state index is -0.379. The molecule has 2 heterocycles. The predicted octanol–water partition coefficient (Wildman–Crippen LogP) is 4.26. The molecule has 0 spiro atoms. The van der Waals surface area contributed by atoms with E-state index >= 15 is 0 Å². The average molecular weight is 282 g/mol. The molecule has 2 aromatic heterocycles. The molecule has 0 amide bonds. The van der Waals surface area contributed by atoms with Gasteiger partial charge in [0.2, 0.25) is 0 Å². The van der Waals surface area contributed by atoms with Crippen LogP contribution >= 0.6 is 0 Å². The number of fused-ring (bicyclic) bond motifs is 1. The molecule has 3 rings (SSSR count). The summed E-state index contributed by atoms with van der Waals surface area (Å²) in [5, 5.41) is 10.8. The van der Waals surface area contributed by atoms with E-state index < -0.39 is 0 Å². The Morgan fingerprint density at radius 1 is 1.10 bits per heavy atom. The summed E-state index contributed by atoms with van der Waals surface area (Å²) in [7, 11) is 0. The number of hydrogen-bond acceptors (Lipinski definition) is 3. The normalized spacial score (nSPS) is 11.2. The summed E-state index contributed by atoms with van der Waals surface area (Å²) < 4.78 is 14.1. The van der Waals surface area contributed by atoms with Crippen LogP contribution in [0, 0.1) is 5.82 Å². The second kappa shape index (κ2) is 5.13. The monoisotopic (exact) mass is 282 g/mol. The predicted molar refractivity (Wildman–Crippen MR) is 80.7 cm³/mol. The molecule has 0 atom stereocenters. The van der Waals surface area contributed by atoms with Crippen molar-refractivity contribution in [2.45, 2.75) is 19.8 Å². The maximum Gasteiger partial charge on any atom is 0.150 e. The van der Waals surface area contributed by atoms with Crippen molar-refractivity contribution in [3.05, 3.63) is 54.2 Å². The lowest BCUT2D eigenvalue weighted by atomic mass is 10.0. The van der Waals surface area contributed by atoms with Gasteiger partial charge in [-0.25, -0.2) is 4.39 Å². The minimum Gasteiger partial charge on any atom is -0.506 e. The molecule has 3 nitrogen and oxygen atoms in total. The Hall–Kier alpha value is -2.49. The molecule has 21 heavy (non-hydrogen) atoms. The van der Waals surface area contributed by atoms with E-state index in [9.17, 15) is 9.50 Å². The molecule has 0 aliphatic heterocycles. The van der Waals surface area contributed by atoms with Crippen molar-refractivity contribution in [1.82, 2.24) is 9.97 Å². The van der Waals surface area contributed by atoms with Crippen molar-refractivity contribution in [2.75, 3.05) is 0 Å². The van der Waals surface area contributed by atoms with Crippen molar-refractivity contribution < 1.29 is 9.50 Å². The SMILES string of the molecule is CC(C)c1ncc(-c2cc(F)c3ncccc3c2)cc1O. The van der Waals surface area contributed by atoms with Crippen LogP contribution in [0.3, 0.4) is 0 Å². The Bertz CT molecular complexity index is 815. The van der Waals surface area contributed by atoms with E-state index in [1.165, 1.54) is 6.07 Å². The molecule has 3 aromatic rings. The Kier molecular flexibility index (Phi) is 3.29. The van der Waals surface area contributed by atoms with Crippen molar-refractivity contribution in [3.63, 3.8) is 0 Å². The van der Waals surface area contributed by atoms with Gasteiger partial charge < -0.3 is 5.11 Å². The van der Waals surface area contributed by atoms with E-state index in [1.807, 2.05) is 26.0 Å². The molecule has 0 fully saturated rings. The van der Waals surface area contributed by atoms with Gasteiger partial charge >= 0.3 is 0 Å². The van der Waals surface area contributed by atoms with Crippen molar-refractivity contribution in [1.29, 1.82) is 0 Å². The lowest BCUT2D eigenvalue weighted by molar-refractivity contribution is 0.460. The number of nitrogens with zero attached hydrogens (tertiary/aromatic N) is 2. The van der Waals surface area contributed by atoms with E-state index in [-0.39, 0.29) is 17.5 Å². The first-order valence-corrected chi connectivity index (χ1v) is 6.80. The highest BCUT2D eigenvalue weighted by atomic mass is 19.1. The van der Waals surface area contributed by atoms with E-state index in [4.69, 9.17) is 0 Å². The lowest BCUT2D eigenvalue weighted by Crippen LogP contribution is -1.94. The molecule has 0 saturated carbocycles. The Morgan fingerprint density at radius 3 is 2.62 bits per heavy atom. The second-order valence-corrected chi connectivity index (χ2v) is 5.32. The Morgan fingerprint density at radius 2 is 1.90 bits per heavy atom. The summed E-state index contributed by atoms with van der Waals surface area (Å²) in [6.07, 6.45) is 3.22. The Balaban J connectivity index is 2.14. The molecule has 0 bridgehead atoms. The third-order valence-electron chi connectivity index (χ3n) is 3.44. The average Bonchev–Trinajstić information content (AvgIpc) is 2.46. The summed E-state index contributed by atoms with van der Waals surface area (Å²) in [5.74, 6) is -0.110. The zero-order valence-corrected chi connectivity index (χ0v) is 11.8. The summed E-state index contributed by atoms with van der Waals surface area (Å²) in [6, 6.07) is 8.46. The third-order valence-corrected chi connectivity index (χ3v) is 3.44. The molecule has 4 heteroatoms. The summed E-state index contributed by atoms with van der Waals surface area (Å²) in [5.41, 5.74) is 2.34. The van der Waals surface area contributed by atoms with Crippen molar-refractivity contribution >= 4 is 10.9 Å². The lowest BCUT2D eigenvalue weighted by Gasteiger charge is -2.10. The molecule has 0 aliphatic carbocycles. The van der Waals surface area contributed by atoms with Crippen LogP contribution < -0.4 is 0 Å². The third kappa shape index (κ3) is 2.44. The van der Waals surface area contributed by atoms with Crippen LogP contribution in [0.4, 0.5) is 4.39 Å². The minimum absolute atomic E-state index is 0.134. The van der Waals surface area contributed by atoms with Gasteiger partial charge in [0.05, 0.1) is 5.69 Å². The van der Waals surface area contributed by atoms with Gasteiger partial charge in [0.15, 0.2) is 0 Å². The number of benzene rings is 1. The highest BCUT2D eigenvalue weighted by Gasteiger charge is 2.11. The molecule has 1 aromatic carbocycles. The second-order valence-electron chi connectivity index (χ2n) is 5.32. The van der Waals surface area contributed by atoms with Crippen LogP contribution in [-0.4, -0.2) is 15.1 Å². The maximum atomic E-state index is 14.1. The van der Waals surface area contributed by atoms with Gasteiger partial charge in [0, 0.05) is 23.3 Å². The topological polar surface area (TPSA) is 46.0 Å². The number of hydrogen-bond donors (Lipinski definition) is 1. The molecule has 0 aliphatic rings. The zero-order chi connectivity index (χ0) is 15.0. The van der Waals surface area contributed by atoms with Gasteiger partial charge in [0.25, 0.3) is 0 Å². The van der Waals surface area contributed by atoms with Crippen LogP contribution in [-0.2, 0) is 0 Å². The largest absolute Gasteiger partial charge is 0.506 e. The molecule has 0 saturated heterocycles. The number of aromatic nitrogens is 2. The van der Waals surface area contributed by atoms with Crippen LogP contribution in [0.2, 0.25) is 0 Å². The first-order chi connectivity index (χ1) is 10.1. The van der Waals surface area contributed by atoms with E-state index in [0.717, 1.165) is 5.39 Å². The summed E-state index contributed by atoms with van der Waals surface area (Å²) >= 11 is 0. The Labute approximate surface area is 122 Å². The number of pyridine rings is 2. The summed E-state index contributed by atoms with van der Waals surface area (Å²) in [6.45, 7) is 3.92. The van der Waals surface area contributed by atoms with Crippen molar-refractivity contribution in [3.8, 4) is 16.9 Å². The maximum absolute atomic E-state index is 14.1. The fraction of sp³-hybridized carbons (Fsp3) is 0.176. The van der Waals surface area contributed by atoms with E-state index in [1.54, 1.807) is 24.5 Å². The van der Waals surface area contributed by atoms with Crippen LogP contribution in [0.15, 0.2) is 42.7 Å². The smallest absolute Gasteiger partial charge is 0.150 e. The van der Waals surface area contributed by atoms with Gasteiger partial charge in [-0.1, -0.05) is 19.9 Å². The van der Waals surface area contributed by atoms with Gasteiger partial charge in [-0.05, 0) is 35.7 Å².